The van der Waals surface area contributed by atoms with Gasteiger partial charge in [0.1, 0.15) is 5.84 Å². The van der Waals surface area contributed by atoms with Crippen LogP contribution in [0.3, 0.4) is 0 Å². The smallest absolute Gasteiger partial charge is 0.244 e. The van der Waals surface area contributed by atoms with E-state index in [-0.39, 0.29) is 23.8 Å². The van der Waals surface area contributed by atoms with Crippen molar-refractivity contribution in [2.24, 2.45) is 5.73 Å². The van der Waals surface area contributed by atoms with Crippen molar-refractivity contribution in [2.75, 3.05) is 13.1 Å². The standard InChI is InChI=1S/C13H16N4O2S/c1-2-17(9-13(14)15)20(18,19)12-7-3-6-11-10(12)5-4-8-16-11/h3-8H,2,9H2,1H3,(H3,14,15). The van der Waals surface area contributed by atoms with Crippen molar-refractivity contribution in [2.45, 2.75) is 11.8 Å². The number of sulfonamides is 1. The zero-order valence-corrected chi connectivity index (χ0v) is 11.9. The van der Waals surface area contributed by atoms with Crippen molar-refractivity contribution in [3.05, 3.63) is 36.5 Å². The number of benzene rings is 1. The molecule has 0 radical (unpaired) electrons. The van der Waals surface area contributed by atoms with Gasteiger partial charge in [0.25, 0.3) is 0 Å². The van der Waals surface area contributed by atoms with Gasteiger partial charge in [-0.1, -0.05) is 13.0 Å². The summed E-state index contributed by atoms with van der Waals surface area (Å²) < 4.78 is 26.5. The number of nitrogens with one attached hydrogen (secondary N) is 1. The van der Waals surface area contributed by atoms with E-state index in [9.17, 15) is 8.42 Å². The van der Waals surface area contributed by atoms with Crippen LogP contribution in [-0.2, 0) is 10.0 Å². The fourth-order valence-corrected chi connectivity index (χ4v) is 3.62. The molecule has 0 spiro atoms. The molecule has 106 valence electrons. The maximum Gasteiger partial charge on any atom is 0.244 e. The molecule has 0 fully saturated rings. The zero-order valence-electron chi connectivity index (χ0n) is 11.1. The van der Waals surface area contributed by atoms with E-state index in [4.69, 9.17) is 11.1 Å². The third-order valence-corrected chi connectivity index (χ3v) is 4.90. The van der Waals surface area contributed by atoms with Crippen molar-refractivity contribution in [1.82, 2.24) is 9.29 Å². The summed E-state index contributed by atoms with van der Waals surface area (Å²) in [5.74, 6) is -0.186. The van der Waals surface area contributed by atoms with Crippen LogP contribution >= 0.6 is 0 Å². The summed E-state index contributed by atoms with van der Waals surface area (Å²) in [7, 11) is -3.70. The van der Waals surface area contributed by atoms with Gasteiger partial charge in [-0.15, -0.1) is 0 Å². The second-order valence-corrected chi connectivity index (χ2v) is 6.19. The Bertz CT molecular complexity index is 738. The highest BCUT2D eigenvalue weighted by Crippen LogP contribution is 2.24. The summed E-state index contributed by atoms with van der Waals surface area (Å²) in [6.45, 7) is 1.85. The lowest BCUT2D eigenvalue weighted by molar-refractivity contribution is 0.466. The van der Waals surface area contributed by atoms with Crippen LogP contribution in [0.15, 0.2) is 41.4 Å². The first-order valence-electron chi connectivity index (χ1n) is 6.13. The molecule has 0 saturated heterocycles. The van der Waals surface area contributed by atoms with Crippen LogP contribution in [0, 0.1) is 5.41 Å². The molecular weight excluding hydrogens is 276 g/mol. The molecule has 0 amide bonds. The number of hydrogen-bond acceptors (Lipinski definition) is 4. The number of pyridine rings is 1. The number of fused-ring (bicyclic) bond motifs is 1. The van der Waals surface area contributed by atoms with Crippen LogP contribution in [0.25, 0.3) is 10.9 Å². The van der Waals surface area contributed by atoms with Gasteiger partial charge in [-0.25, -0.2) is 8.42 Å². The van der Waals surface area contributed by atoms with Gasteiger partial charge in [0, 0.05) is 18.1 Å². The Morgan fingerprint density at radius 2 is 2.10 bits per heavy atom. The Labute approximate surface area is 117 Å². The van der Waals surface area contributed by atoms with E-state index in [1.165, 1.54) is 4.31 Å². The van der Waals surface area contributed by atoms with Crippen LogP contribution in [-0.4, -0.2) is 36.6 Å². The number of likely N-dealkylation sites (N-methyl/N-ethyl adjacent to an activating group) is 1. The molecule has 3 N–H and O–H groups in total. The Balaban J connectivity index is 2.59. The second-order valence-electron chi connectivity index (χ2n) is 4.28. The summed E-state index contributed by atoms with van der Waals surface area (Å²) in [5, 5.41) is 7.86. The SMILES string of the molecule is CCN(CC(=N)N)S(=O)(=O)c1cccc2ncccc12. The lowest BCUT2D eigenvalue weighted by atomic mass is 10.2. The quantitative estimate of drug-likeness (QED) is 0.638. The molecule has 0 atom stereocenters. The van der Waals surface area contributed by atoms with Crippen LogP contribution < -0.4 is 5.73 Å². The van der Waals surface area contributed by atoms with Gasteiger partial charge >= 0.3 is 0 Å². The minimum atomic E-state index is -3.70. The molecule has 1 heterocycles. The minimum absolute atomic E-state index is 0.116. The molecule has 2 aromatic rings. The molecular formula is C13H16N4O2S. The van der Waals surface area contributed by atoms with Gasteiger partial charge in [-0.3, -0.25) is 10.4 Å². The predicted octanol–water partition coefficient (Wildman–Crippen LogP) is 1.18. The average Bonchev–Trinajstić information content (AvgIpc) is 2.43. The van der Waals surface area contributed by atoms with Gasteiger partial charge < -0.3 is 5.73 Å². The van der Waals surface area contributed by atoms with E-state index < -0.39 is 10.0 Å². The first-order valence-corrected chi connectivity index (χ1v) is 7.57. The van der Waals surface area contributed by atoms with E-state index in [0.29, 0.717) is 10.9 Å². The van der Waals surface area contributed by atoms with Gasteiger partial charge in [-0.2, -0.15) is 4.31 Å². The summed E-state index contributed by atoms with van der Waals surface area (Å²) in [5.41, 5.74) is 5.94. The first kappa shape index (κ1) is 14.4. The Morgan fingerprint density at radius 1 is 1.35 bits per heavy atom. The summed E-state index contributed by atoms with van der Waals surface area (Å²) in [6, 6.07) is 8.38. The molecule has 0 bridgehead atoms. The minimum Gasteiger partial charge on any atom is -0.387 e. The Hall–Kier alpha value is -1.99. The lowest BCUT2D eigenvalue weighted by Gasteiger charge is -2.20. The van der Waals surface area contributed by atoms with Crippen molar-refractivity contribution in [1.29, 1.82) is 5.41 Å². The number of rotatable bonds is 5. The van der Waals surface area contributed by atoms with E-state index >= 15 is 0 Å². The van der Waals surface area contributed by atoms with Gasteiger partial charge in [0.05, 0.1) is 17.0 Å². The third kappa shape index (κ3) is 2.63. The highest BCUT2D eigenvalue weighted by Gasteiger charge is 2.25. The van der Waals surface area contributed by atoms with Crippen LogP contribution in [0.4, 0.5) is 0 Å². The topological polar surface area (TPSA) is 100 Å². The molecule has 7 heteroatoms. The Kier molecular flexibility index (Phi) is 4.01. The van der Waals surface area contributed by atoms with Crippen molar-refractivity contribution < 1.29 is 8.42 Å². The molecule has 2 rings (SSSR count). The predicted molar refractivity (Wildman–Crippen MR) is 78.1 cm³/mol. The summed E-state index contributed by atoms with van der Waals surface area (Å²) in [6.07, 6.45) is 1.62. The highest BCUT2D eigenvalue weighted by molar-refractivity contribution is 7.89. The third-order valence-electron chi connectivity index (χ3n) is 2.92. The number of amidine groups is 1. The molecule has 6 nitrogen and oxygen atoms in total. The maximum absolute atomic E-state index is 12.7. The van der Waals surface area contributed by atoms with Gasteiger partial charge in [0.2, 0.25) is 10.0 Å². The van der Waals surface area contributed by atoms with Crippen molar-refractivity contribution in [3.8, 4) is 0 Å². The number of aromatic nitrogens is 1. The summed E-state index contributed by atoms with van der Waals surface area (Å²) >= 11 is 0. The summed E-state index contributed by atoms with van der Waals surface area (Å²) in [4.78, 5) is 4.34. The molecule has 0 aliphatic carbocycles. The molecule has 0 unspecified atom stereocenters. The van der Waals surface area contributed by atoms with E-state index in [1.54, 1.807) is 43.5 Å². The zero-order chi connectivity index (χ0) is 14.8. The van der Waals surface area contributed by atoms with Gasteiger partial charge in [0.15, 0.2) is 0 Å². The van der Waals surface area contributed by atoms with E-state index in [1.807, 2.05) is 0 Å². The fraction of sp³-hybridized carbons (Fsp3) is 0.231. The van der Waals surface area contributed by atoms with Gasteiger partial charge in [-0.05, 0) is 24.3 Å². The van der Waals surface area contributed by atoms with Crippen LogP contribution in [0.5, 0.6) is 0 Å². The largest absolute Gasteiger partial charge is 0.387 e. The highest BCUT2D eigenvalue weighted by atomic mass is 32.2. The first-order chi connectivity index (χ1) is 9.46. The normalized spacial score (nSPS) is 11.9. The van der Waals surface area contributed by atoms with E-state index in [0.717, 1.165) is 0 Å². The fourth-order valence-electron chi connectivity index (χ4n) is 2.00. The molecule has 20 heavy (non-hydrogen) atoms. The maximum atomic E-state index is 12.7. The van der Waals surface area contributed by atoms with Crippen molar-refractivity contribution in [3.63, 3.8) is 0 Å². The number of nitrogens with zero attached hydrogens (tertiary/aromatic N) is 2. The number of hydrogen-bond donors (Lipinski definition) is 2. The number of nitrogens with two attached hydrogens (primary N) is 1. The van der Waals surface area contributed by atoms with Crippen LogP contribution in [0.2, 0.25) is 0 Å². The van der Waals surface area contributed by atoms with Crippen molar-refractivity contribution >= 4 is 26.8 Å². The van der Waals surface area contributed by atoms with Crippen LogP contribution in [0.1, 0.15) is 6.92 Å². The Morgan fingerprint density at radius 3 is 2.75 bits per heavy atom. The molecule has 0 aliphatic rings. The lowest BCUT2D eigenvalue weighted by Crippen LogP contribution is -2.38. The molecule has 1 aromatic carbocycles. The van der Waals surface area contributed by atoms with E-state index in [2.05, 4.69) is 4.98 Å². The molecule has 0 saturated carbocycles. The molecule has 0 aliphatic heterocycles. The monoisotopic (exact) mass is 292 g/mol. The molecule has 1 aromatic heterocycles. The second kappa shape index (κ2) is 5.56. The average molecular weight is 292 g/mol.